The van der Waals surface area contributed by atoms with Gasteiger partial charge in [0, 0.05) is 17.7 Å². The quantitative estimate of drug-likeness (QED) is 0.763. The fourth-order valence-corrected chi connectivity index (χ4v) is 3.17. The summed E-state index contributed by atoms with van der Waals surface area (Å²) in [6.07, 6.45) is 0. The normalized spacial score (nSPS) is 12.4. The Morgan fingerprint density at radius 1 is 0.920 bits per heavy atom. The van der Waals surface area contributed by atoms with E-state index in [-0.39, 0.29) is 11.7 Å². The Morgan fingerprint density at radius 2 is 1.76 bits per heavy atom. The third-order valence-electron chi connectivity index (χ3n) is 4.39. The molecule has 0 aliphatic carbocycles. The molecule has 1 amide bonds. The molecule has 0 atom stereocenters. The third-order valence-corrected chi connectivity index (χ3v) is 4.39. The topological polar surface area (TPSA) is 52.9 Å². The zero-order valence-electron chi connectivity index (χ0n) is 13.2. The lowest BCUT2D eigenvalue weighted by molar-refractivity contribution is 0.0966. The van der Waals surface area contributed by atoms with Gasteiger partial charge in [-0.15, -0.1) is 0 Å². The third kappa shape index (κ3) is 2.56. The van der Waals surface area contributed by atoms with E-state index in [1.165, 1.54) is 6.07 Å². The van der Waals surface area contributed by atoms with Crippen LogP contribution in [0.25, 0.3) is 22.3 Å². The highest BCUT2D eigenvalue weighted by Gasteiger charge is 2.23. The Labute approximate surface area is 144 Å². The number of carbonyl (C=O) groups is 1. The van der Waals surface area contributed by atoms with Crippen LogP contribution in [0.15, 0.2) is 60.7 Å². The minimum Gasteiger partial charge on any atom is -0.348 e. The molecule has 0 fully saturated rings. The lowest BCUT2D eigenvalue weighted by Gasteiger charge is -2.13. The number of hydrogen-bond acceptors (Lipinski definition) is 2. The SMILES string of the molecule is N#Cc1cccc(-c2cc3c(cc2-c2ccccc2F)C(=O)NC3)c1. The molecule has 120 valence electrons. The van der Waals surface area contributed by atoms with Gasteiger partial charge in [-0.2, -0.15) is 5.26 Å². The van der Waals surface area contributed by atoms with Crippen molar-refractivity contribution >= 4 is 5.91 Å². The number of nitrogens with one attached hydrogen (secondary N) is 1. The first kappa shape index (κ1) is 15.1. The van der Waals surface area contributed by atoms with Crippen LogP contribution in [0.1, 0.15) is 21.5 Å². The summed E-state index contributed by atoms with van der Waals surface area (Å²) in [6.45, 7) is 0.455. The predicted molar refractivity (Wildman–Crippen MR) is 93.2 cm³/mol. The van der Waals surface area contributed by atoms with Crippen LogP contribution in [0.5, 0.6) is 0 Å². The number of hydrogen-bond donors (Lipinski definition) is 1. The van der Waals surface area contributed by atoms with Gasteiger partial charge in [-0.3, -0.25) is 4.79 Å². The zero-order valence-corrected chi connectivity index (χ0v) is 13.2. The summed E-state index contributed by atoms with van der Waals surface area (Å²) in [7, 11) is 0. The molecule has 3 aromatic rings. The fourth-order valence-electron chi connectivity index (χ4n) is 3.17. The van der Waals surface area contributed by atoms with Gasteiger partial charge in [-0.1, -0.05) is 30.3 Å². The molecule has 0 radical (unpaired) electrons. The maximum atomic E-state index is 14.4. The average molecular weight is 328 g/mol. The molecule has 0 saturated carbocycles. The number of amides is 1. The fraction of sp³-hybridized carbons (Fsp3) is 0.0476. The standard InChI is InChI=1S/C21H13FN2O/c22-20-7-2-1-6-16(20)19-10-18-15(12-24-21(18)25)9-17(19)14-5-3-4-13(8-14)11-23/h1-10H,12H2,(H,24,25). The Balaban J connectivity index is 2.01. The second-order valence-electron chi connectivity index (χ2n) is 5.91. The van der Waals surface area contributed by atoms with E-state index in [1.807, 2.05) is 12.1 Å². The summed E-state index contributed by atoms with van der Waals surface area (Å²) in [5, 5.41) is 12.0. The minimum atomic E-state index is -0.349. The van der Waals surface area contributed by atoms with E-state index in [4.69, 9.17) is 5.26 Å². The predicted octanol–water partition coefficient (Wildman–Crippen LogP) is 4.27. The molecule has 1 aliphatic rings. The Kier molecular flexibility index (Phi) is 3.55. The molecule has 1 N–H and O–H groups in total. The number of rotatable bonds is 2. The molecule has 3 aromatic carbocycles. The minimum absolute atomic E-state index is 0.148. The molecule has 4 heteroatoms. The van der Waals surface area contributed by atoms with E-state index < -0.39 is 0 Å². The van der Waals surface area contributed by atoms with E-state index in [0.29, 0.717) is 28.8 Å². The highest BCUT2D eigenvalue weighted by Crippen LogP contribution is 2.37. The molecule has 0 bridgehead atoms. The number of nitriles is 1. The van der Waals surface area contributed by atoms with Crippen LogP contribution in [0.3, 0.4) is 0 Å². The molecule has 3 nitrogen and oxygen atoms in total. The number of fused-ring (bicyclic) bond motifs is 1. The monoisotopic (exact) mass is 328 g/mol. The van der Waals surface area contributed by atoms with Crippen LogP contribution in [0.2, 0.25) is 0 Å². The maximum absolute atomic E-state index is 14.4. The van der Waals surface area contributed by atoms with Crippen molar-refractivity contribution in [2.24, 2.45) is 0 Å². The summed E-state index contributed by atoms with van der Waals surface area (Å²) in [6, 6.07) is 19.5. The number of benzene rings is 3. The Morgan fingerprint density at radius 3 is 2.56 bits per heavy atom. The van der Waals surface area contributed by atoms with Gasteiger partial charge >= 0.3 is 0 Å². The summed E-state index contributed by atoms with van der Waals surface area (Å²) in [5.74, 6) is -0.497. The highest BCUT2D eigenvalue weighted by atomic mass is 19.1. The summed E-state index contributed by atoms with van der Waals surface area (Å²) < 4.78 is 14.4. The van der Waals surface area contributed by atoms with Crippen molar-refractivity contribution in [3.8, 4) is 28.3 Å². The Hall–Kier alpha value is -3.45. The molecule has 25 heavy (non-hydrogen) atoms. The van der Waals surface area contributed by atoms with Crippen molar-refractivity contribution in [2.45, 2.75) is 6.54 Å². The number of carbonyl (C=O) groups excluding carboxylic acids is 1. The van der Waals surface area contributed by atoms with Crippen LogP contribution in [0.4, 0.5) is 4.39 Å². The first-order chi connectivity index (χ1) is 12.2. The molecular weight excluding hydrogens is 315 g/mol. The van der Waals surface area contributed by atoms with Gasteiger partial charge in [0.15, 0.2) is 0 Å². The maximum Gasteiger partial charge on any atom is 0.251 e. The average Bonchev–Trinajstić information content (AvgIpc) is 3.01. The van der Waals surface area contributed by atoms with Gasteiger partial charge in [0.2, 0.25) is 0 Å². The Bertz CT molecular complexity index is 1050. The van der Waals surface area contributed by atoms with Crippen molar-refractivity contribution in [1.29, 1.82) is 5.26 Å². The number of nitrogens with zero attached hydrogens (tertiary/aromatic N) is 1. The number of halogens is 1. The van der Waals surface area contributed by atoms with Crippen molar-refractivity contribution in [3.63, 3.8) is 0 Å². The molecule has 0 saturated heterocycles. The van der Waals surface area contributed by atoms with Crippen LogP contribution >= 0.6 is 0 Å². The van der Waals surface area contributed by atoms with Gasteiger partial charge in [-0.25, -0.2) is 4.39 Å². The van der Waals surface area contributed by atoms with E-state index >= 15 is 0 Å². The van der Waals surface area contributed by atoms with Crippen LogP contribution in [-0.4, -0.2) is 5.91 Å². The lowest BCUT2D eigenvalue weighted by Crippen LogP contribution is -2.12. The lowest BCUT2D eigenvalue weighted by atomic mass is 9.90. The van der Waals surface area contributed by atoms with E-state index in [2.05, 4.69) is 11.4 Å². The van der Waals surface area contributed by atoms with Crippen molar-refractivity contribution in [1.82, 2.24) is 5.32 Å². The van der Waals surface area contributed by atoms with Crippen molar-refractivity contribution in [3.05, 3.63) is 83.2 Å². The second kappa shape index (κ2) is 5.88. The molecular formula is C21H13FN2O. The van der Waals surface area contributed by atoms with E-state index in [9.17, 15) is 9.18 Å². The van der Waals surface area contributed by atoms with Gasteiger partial charge in [0.1, 0.15) is 5.82 Å². The van der Waals surface area contributed by atoms with E-state index in [0.717, 1.165) is 16.7 Å². The molecule has 1 heterocycles. The zero-order chi connectivity index (χ0) is 17.4. The van der Waals surface area contributed by atoms with Crippen LogP contribution in [-0.2, 0) is 6.54 Å². The van der Waals surface area contributed by atoms with Crippen molar-refractivity contribution < 1.29 is 9.18 Å². The van der Waals surface area contributed by atoms with Crippen LogP contribution in [0, 0.1) is 17.1 Å². The van der Waals surface area contributed by atoms with Gasteiger partial charge < -0.3 is 5.32 Å². The second-order valence-corrected chi connectivity index (χ2v) is 5.91. The molecule has 1 aliphatic heterocycles. The van der Waals surface area contributed by atoms with E-state index in [1.54, 1.807) is 42.5 Å². The first-order valence-corrected chi connectivity index (χ1v) is 7.88. The smallest absolute Gasteiger partial charge is 0.251 e. The molecule has 0 unspecified atom stereocenters. The van der Waals surface area contributed by atoms with Crippen LogP contribution < -0.4 is 5.32 Å². The van der Waals surface area contributed by atoms with Gasteiger partial charge in [-0.05, 0) is 52.6 Å². The van der Waals surface area contributed by atoms with Crippen molar-refractivity contribution in [2.75, 3.05) is 0 Å². The largest absolute Gasteiger partial charge is 0.348 e. The molecule has 4 rings (SSSR count). The highest BCUT2D eigenvalue weighted by molar-refractivity contribution is 6.01. The molecule has 0 aromatic heterocycles. The summed E-state index contributed by atoms with van der Waals surface area (Å²) >= 11 is 0. The van der Waals surface area contributed by atoms with Gasteiger partial charge in [0.25, 0.3) is 5.91 Å². The first-order valence-electron chi connectivity index (χ1n) is 7.88. The summed E-state index contributed by atoms with van der Waals surface area (Å²) in [5.41, 5.74) is 4.68. The molecule has 0 spiro atoms. The van der Waals surface area contributed by atoms with Gasteiger partial charge in [0.05, 0.1) is 11.6 Å². The summed E-state index contributed by atoms with van der Waals surface area (Å²) in [4.78, 5) is 12.0.